The van der Waals surface area contributed by atoms with Crippen molar-refractivity contribution in [2.75, 3.05) is 19.6 Å². The van der Waals surface area contributed by atoms with Crippen LogP contribution >= 0.6 is 0 Å². The Morgan fingerprint density at radius 1 is 1.13 bits per heavy atom. The number of carbonyl (C=O) groups is 2. The monoisotopic (exact) mass is 424 g/mol. The second-order valence-corrected chi connectivity index (χ2v) is 8.88. The predicted molar refractivity (Wildman–Crippen MR) is 115 cm³/mol. The van der Waals surface area contributed by atoms with Gasteiger partial charge in [0.25, 0.3) is 0 Å². The molecule has 2 N–H and O–H groups in total. The average molecular weight is 425 g/mol. The number of rotatable bonds is 7. The molecular weight excluding hydrogens is 395 g/mol. The van der Waals surface area contributed by atoms with Crippen LogP contribution < -0.4 is 5.32 Å². The van der Waals surface area contributed by atoms with Crippen LogP contribution in [-0.2, 0) is 16.0 Å². The molecule has 2 aliphatic rings. The first-order valence-corrected chi connectivity index (χ1v) is 11.0. The van der Waals surface area contributed by atoms with Crippen LogP contribution in [0.5, 0.6) is 0 Å². The maximum atomic E-state index is 13.1. The number of halogens is 1. The van der Waals surface area contributed by atoms with Gasteiger partial charge in [0.1, 0.15) is 5.82 Å². The SMILES string of the molecule is O=C(NCC1([C@H](O)c2ccccc2)CC1)[C@@H]1CCCN(C(=O)Cc2ccc(F)cc2)C1. The van der Waals surface area contributed by atoms with Crippen LogP contribution in [0, 0.1) is 17.2 Å². The van der Waals surface area contributed by atoms with Crippen LogP contribution in [0.25, 0.3) is 0 Å². The third kappa shape index (κ3) is 5.13. The molecule has 1 aliphatic carbocycles. The van der Waals surface area contributed by atoms with Gasteiger partial charge < -0.3 is 15.3 Å². The molecule has 0 bridgehead atoms. The summed E-state index contributed by atoms with van der Waals surface area (Å²) < 4.78 is 13.1. The highest BCUT2D eigenvalue weighted by atomic mass is 19.1. The Labute approximate surface area is 182 Å². The zero-order valence-electron chi connectivity index (χ0n) is 17.6. The summed E-state index contributed by atoms with van der Waals surface area (Å²) in [5, 5.41) is 13.8. The number of likely N-dealkylation sites (tertiary alicyclic amines) is 1. The number of carbonyl (C=O) groups excluding carboxylic acids is 2. The van der Waals surface area contributed by atoms with Gasteiger partial charge in [0, 0.05) is 25.0 Å². The Hall–Kier alpha value is -2.73. The molecule has 0 unspecified atom stereocenters. The van der Waals surface area contributed by atoms with E-state index < -0.39 is 6.10 Å². The third-order valence-corrected chi connectivity index (χ3v) is 6.62. The molecule has 164 valence electrons. The van der Waals surface area contributed by atoms with Crippen LogP contribution in [0.4, 0.5) is 4.39 Å². The van der Waals surface area contributed by atoms with Gasteiger partial charge in [-0.15, -0.1) is 0 Å². The highest BCUT2D eigenvalue weighted by Crippen LogP contribution is 2.54. The summed E-state index contributed by atoms with van der Waals surface area (Å²) in [6, 6.07) is 15.5. The summed E-state index contributed by atoms with van der Waals surface area (Å²) in [6.45, 7) is 1.49. The molecule has 6 heteroatoms. The third-order valence-electron chi connectivity index (χ3n) is 6.62. The van der Waals surface area contributed by atoms with Crippen molar-refractivity contribution in [3.05, 3.63) is 71.5 Å². The maximum absolute atomic E-state index is 13.1. The van der Waals surface area contributed by atoms with E-state index in [1.807, 2.05) is 30.3 Å². The van der Waals surface area contributed by atoms with Crippen molar-refractivity contribution < 1.29 is 19.1 Å². The maximum Gasteiger partial charge on any atom is 0.227 e. The fourth-order valence-electron chi connectivity index (χ4n) is 4.41. The van der Waals surface area contributed by atoms with Gasteiger partial charge in [0.2, 0.25) is 11.8 Å². The lowest BCUT2D eigenvalue weighted by molar-refractivity contribution is -0.135. The number of nitrogens with one attached hydrogen (secondary N) is 1. The van der Waals surface area contributed by atoms with Crippen LogP contribution in [-0.4, -0.2) is 41.5 Å². The van der Waals surface area contributed by atoms with Gasteiger partial charge in [-0.3, -0.25) is 9.59 Å². The molecule has 1 saturated heterocycles. The second kappa shape index (κ2) is 9.18. The molecule has 0 aromatic heterocycles. The minimum atomic E-state index is -0.589. The fourth-order valence-corrected chi connectivity index (χ4v) is 4.41. The van der Waals surface area contributed by atoms with Gasteiger partial charge in [0.05, 0.1) is 18.4 Å². The Morgan fingerprint density at radius 2 is 1.84 bits per heavy atom. The summed E-state index contributed by atoms with van der Waals surface area (Å²) in [7, 11) is 0. The van der Waals surface area contributed by atoms with Gasteiger partial charge >= 0.3 is 0 Å². The summed E-state index contributed by atoms with van der Waals surface area (Å²) in [5.74, 6) is -0.652. The van der Waals surface area contributed by atoms with Gasteiger partial charge in [-0.1, -0.05) is 42.5 Å². The molecule has 0 spiro atoms. The highest BCUT2D eigenvalue weighted by molar-refractivity contribution is 5.82. The van der Waals surface area contributed by atoms with Crippen LogP contribution in [0.2, 0.25) is 0 Å². The van der Waals surface area contributed by atoms with Crippen molar-refractivity contribution in [1.29, 1.82) is 0 Å². The van der Waals surface area contributed by atoms with E-state index in [2.05, 4.69) is 5.32 Å². The standard InChI is InChI=1S/C25H29FN2O3/c26-21-10-8-18(9-11-21)15-22(29)28-14-4-7-20(16-28)24(31)27-17-25(12-13-25)23(30)19-5-2-1-3-6-19/h1-3,5-6,8-11,20,23,30H,4,7,12-17H2,(H,27,31)/t20-,23-/m1/s1. The predicted octanol–water partition coefficient (Wildman–Crippen LogP) is 3.24. The van der Waals surface area contributed by atoms with Crippen molar-refractivity contribution in [3.8, 4) is 0 Å². The molecule has 1 heterocycles. The first-order valence-electron chi connectivity index (χ1n) is 11.0. The number of piperidine rings is 1. The zero-order valence-corrected chi connectivity index (χ0v) is 17.6. The van der Waals surface area contributed by atoms with Crippen LogP contribution in [0.3, 0.4) is 0 Å². The molecule has 1 aliphatic heterocycles. The first kappa shape index (κ1) is 21.5. The largest absolute Gasteiger partial charge is 0.388 e. The molecule has 2 aromatic rings. The number of amides is 2. The molecule has 2 aromatic carbocycles. The molecule has 2 fully saturated rings. The van der Waals surface area contributed by atoms with E-state index >= 15 is 0 Å². The number of hydrogen-bond acceptors (Lipinski definition) is 3. The molecule has 5 nitrogen and oxygen atoms in total. The molecular formula is C25H29FN2O3. The van der Waals surface area contributed by atoms with E-state index in [9.17, 15) is 19.1 Å². The summed E-state index contributed by atoms with van der Waals surface area (Å²) in [4.78, 5) is 27.2. The van der Waals surface area contributed by atoms with E-state index in [0.717, 1.165) is 36.8 Å². The van der Waals surface area contributed by atoms with Crippen molar-refractivity contribution >= 4 is 11.8 Å². The summed E-state index contributed by atoms with van der Waals surface area (Å²) >= 11 is 0. The minimum absolute atomic E-state index is 0.0396. The summed E-state index contributed by atoms with van der Waals surface area (Å²) in [5.41, 5.74) is 1.36. The molecule has 0 radical (unpaired) electrons. The van der Waals surface area contributed by atoms with E-state index in [4.69, 9.17) is 0 Å². The first-order chi connectivity index (χ1) is 15.0. The smallest absolute Gasteiger partial charge is 0.227 e. The van der Waals surface area contributed by atoms with Crippen molar-refractivity contribution in [2.24, 2.45) is 11.3 Å². The summed E-state index contributed by atoms with van der Waals surface area (Å²) in [6.07, 6.45) is 2.92. The van der Waals surface area contributed by atoms with E-state index in [-0.39, 0.29) is 35.4 Å². The van der Waals surface area contributed by atoms with Crippen molar-refractivity contribution in [1.82, 2.24) is 10.2 Å². The zero-order chi connectivity index (χ0) is 21.8. The number of aliphatic hydroxyl groups excluding tert-OH is 1. The lowest BCUT2D eigenvalue weighted by Crippen LogP contribution is -2.47. The molecule has 1 saturated carbocycles. The normalized spacial score (nSPS) is 20.7. The lowest BCUT2D eigenvalue weighted by atomic mass is 9.91. The quantitative estimate of drug-likeness (QED) is 0.717. The van der Waals surface area contributed by atoms with Crippen molar-refractivity contribution in [3.63, 3.8) is 0 Å². The molecule has 4 rings (SSSR count). The van der Waals surface area contributed by atoms with Gasteiger partial charge in [0.15, 0.2) is 0 Å². The lowest BCUT2D eigenvalue weighted by Gasteiger charge is -2.33. The van der Waals surface area contributed by atoms with Gasteiger partial charge in [-0.25, -0.2) is 4.39 Å². The number of benzene rings is 2. The van der Waals surface area contributed by atoms with Gasteiger partial charge in [-0.2, -0.15) is 0 Å². The Balaban J connectivity index is 1.29. The Morgan fingerprint density at radius 3 is 2.52 bits per heavy atom. The molecule has 2 atom stereocenters. The topological polar surface area (TPSA) is 69.6 Å². The van der Waals surface area contributed by atoms with Gasteiger partial charge in [-0.05, 0) is 48.9 Å². The van der Waals surface area contributed by atoms with E-state index in [1.54, 1.807) is 17.0 Å². The number of hydrogen-bond donors (Lipinski definition) is 2. The van der Waals surface area contributed by atoms with Crippen molar-refractivity contribution in [2.45, 2.75) is 38.2 Å². The fraction of sp³-hybridized carbons (Fsp3) is 0.440. The van der Waals surface area contributed by atoms with Crippen LogP contribution in [0.1, 0.15) is 42.9 Å². The molecule has 2 amide bonds. The minimum Gasteiger partial charge on any atom is -0.388 e. The Kier molecular flexibility index (Phi) is 6.37. The van der Waals surface area contributed by atoms with E-state index in [1.165, 1.54) is 12.1 Å². The molecule has 31 heavy (non-hydrogen) atoms. The average Bonchev–Trinajstić information content (AvgIpc) is 3.60. The second-order valence-electron chi connectivity index (χ2n) is 8.88. The van der Waals surface area contributed by atoms with E-state index in [0.29, 0.717) is 19.6 Å². The number of nitrogens with zero attached hydrogens (tertiary/aromatic N) is 1. The highest BCUT2D eigenvalue weighted by Gasteiger charge is 2.49. The Bertz CT molecular complexity index is 912. The van der Waals surface area contributed by atoms with Crippen LogP contribution in [0.15, 0.2) is 54.6 Å². The number of aliphatic hydroxyl groups is 1.